The zero-order valence-corrected chi connectivity index (χ0v) is 10.7. The molecule has 6 heteroatoms. The highest BCUT2D eigenvalue weighted by molar-refractivity contribution is 7.89. The summed E-state index contributed by atoms with van der Waals surface area (Å²) in [5, 5.41) is 10.1. The summed E-state index contributed by atoms with van der Waals surface area (Å²) in [7, 11) is -3.90. The standard InChI is InChI=1S/C12H16FNO3S/c13-10-5-1-2-6-11(10)18(16,17)14-9-12(15)7-3-4-8-12/h1-2,5-6,14-15H,3-4,7-9H2. The lowest BCUT2D eigenvalue weighted by molar-refractivity contribution is 0.0531. The summed E-state index contributed by atoms with van der Waals surface area (Å²) in [5.41, 5.74) is -0.988. The first-order valence-electron chi connectivity index (χ1n) is 5.90. The Morgan fingerprint density at radius 2 is 1.89 bits per heavy atom. The molecular weight excluding hydrogens is 257 g/mol. The molecule has 0 spiro atoms. The fourth-order valence-corrected chi connectivity index (χ4v) is 3.38. The average Bonchev–Trinajstić information content (AvgIpc) is 2.75. The highest BCUT2D eigenvalue weighted by atomic mass is 32.2. The van der Waals surface area contributed by atoms with Gasteiger partial charge in [-0.25, -0.2) is 17.5 Å². The summed E-state index contributed by atoms with van der Waals surface area (Å²) in [6.07, 6.45) is 2.93. The van der Waals surface area contributed by atoms with Crippen molar-refractivity contribution in [3.63, 3.8) is 0 Å². The summed E-state index contributed by atoms with van der Waals surface area (Å²) in [6, 6.07) is 5.19. The van der Waals surface area contributed by atoms with Gasteiger partial charge in [0.1, 0.15) is 10.7 Å². The predicted octanol–water partition coefficient (Wildman–Crippen LogP) is 1.41. The maximum atomic E-state index is 13.4. The van der Waals surface area contributed by atoms with E-state index in [1.807, 2.05) is 0 Å². The van der Waals surface area contributed by atoms with Crippen LogP contribution >= 0.6 is 0 Å². The molecule has 0 bridgehead atoms. The number of benzene rings is 1. The Bertz CT molecular complexity index is 524. The van der Waals surface area contributed by atoms with E-state index < -0.39 is 21.4 Å². The van der Waals surface area contributed by atoms with E-state index in [9.17, 15) is 17.9 Å². The average molecular weight is 273 g/mol. The molecule has 1 aliphatic rings. The van der Waals surface area contributed by atoms with Crippen LogP contribution in [-0.2, 0) is 10.0 Å². The van der Waals surface area contributed by atoms with Crippen LogP contribution in [0, 0.1) is 5.82 Å². The molecule has 0 aromatic heterocycles. The van der Waals surface area contributed by atoms with Crippen LogP contribution in [0.3, 0.4) is 0 Å². The molecule has 1 aromatic rings. The number of halogens is 1. The van der Waals surface area contributed by atoms with E-state index in [4.69, 9.17) is 0 Å². The monoisotopic (exact) mass is 273 g/mol. The van der Waals surface area contributed by atoms with Gasteiger partial charge in [0, 0.05) is 6.54 Å². The largest absolute Gasteiger partial charge is 0.389 e. The van der Waals surface area contributed by atoms with Gasteiger partial charge in [0.05, 0.1) is 5.60 Å². The summed E-state index contributed by atoms with van der Waals surface area (Å²) < 4.78 is 39.5. The van der Waals surface area contributed by atoms with Crippen LogP contribution in [-0.4, -0.2) is 25.7 Å². The van der Waals surface area contributed by atoms with Gasteiger partial charge in [-0.05, 0) is 25.0 Å². The SMILES string of the molecule is O=S(=O)(NCC1(O)CCCC1)c1ccccc1F. The first-order chi connectivity index (χ1) is 8.43. The minimum absolute atomic E-state index is 0.0658. The Labute approximate surface area is 106 Å². The number of nitrogens with one attached hydrogen (secondary N) is 1. The lowest BCUT2D eigenvalue weighted by atomic mass is 10.0. The molecule has 0 unspecified atom stereocenters. The topological polar surface area (TPSA) is 66.4 Å². The van der Waals surface area contributed by atoms with E-state index in [0.717, 1.165) is 18.9 Å². The summed E-state index contributed by atoms with van der Waals surface area (Å²) in [4.78, 5) is -0.383. The second-order valence-electron chi connectivity index (χ2n) is 4.69. The molecule has 1 aromatic carbocycles. The van der Waals surface area contributed by atoms with E-state index in [-0.39, 0.29) is 11.4 Å². The summed E-state index contributed by atoms with van der Waals surface area (Å²) in [5.74, 6) is -0.789. The zero-order chi connectivity index (χ0) is 13.2. The van der Waals surface area contributed by atoms with Gasteiger partial charge in [0.15, 0.2) is 0 Å². The minimum Gasteiger partial charge on any atom is -0.389 e. The van der Waals surface area contributed by atoms with Crippen molar-refractivity contribution in [1.82, 2.24) is 4.72 Å². The van der Waals surface area contributed by atoms with Crippen molar-refractivity contribution in [3.05, 3.63) is 30.1 Å². The molecule has 1 fully saturated rings. The molecule has 2 N–H and O–H groups in total. The number of aliphatic hydroxyl groups is 1. The second-order valence-corrected chi connectivity index (χ2v) is 6.42. The van der Waals surface area contributed by atoms with E-state index in [2.05, 4.69) is 4.72 Å². The third-order valence-electron chi connectivity index (χ3n) is 3.25. The molecule has 1 saturated carbocycles. The van der Waals surface area contributed by atoms with Crippen LogP contribution < -0.4 is 4.72 Å². The van der Waals surface area contributed by atoms with Crippen LogP contribution in [0.2, 0.25) is 0 Å². The third-order valence-corrected chi connectivity index (χ3v) is 4.69. The Morgan fingerprint density at radius 1 is 1.28 bits per heavy atom. The quantitative estimate of drug-likeness (QED) is 0.871. The molecule has 2 rings (SSSR count). The Hall–Kier alpha value is -0.980. The Balaban J connectivity index is 2.11. The molecular formula is C12H16FNO3S. The van der Waals surface area contributed by atoms with E-state index in [1.54, 1.807) is 0 Å². The number of hydrogen-bond donors (Lipinski definition) is 2. The maximum absolute atomic E-state index is 13.4. The Kier molecular flexibility index (Phi) is 3.70. The molecule has 0 amide bonds. The van der Waals surface area contributed by atoms with Gasteiger partial charge in [-0.2, -0.15) is 0 Å². The van der Waals surface area contributed by atoms with Crippen LogP contribution in [0.1, 0.15) is 25.7 Å². The van der Waals surface area contributed by atoms with Crippen LogP contribution in [0.25, 0.3) is 0 Å². The van der Waals surface area contributed by atoms with Gasteiger partial charge >= 0.3 is 0 Å². The zero-order valence-electron chi connectivity index (χ0n) is 9.89. The van der Waals surface area contributed by atoms with E-state index >= 15 is 0 Å². The first kappa shape index (κ1) is 13.5. The molecule has 0 saturated heterocycles. The normalized spacial score (nSPS) is 19.0. The van der Waals surface area contributed by atoms with Crippen LogP contribution in [0.15, 0.2) is 29.2 Å². The van der Waals surface area contributed by atoms with Crippen molar-refractivity contribution in [2.45, 2.75) is 36.2 Å². The van der Waals surface area contributed by atoms with E-state index in [1.165, 1.54) is 18.2 Å². The van der Waals surface area contributed by atoms with Gasteiger partial charge in [-0.1, -0.05) is 25.0 Å². The molecule has 0 atom stereocenters. The molecule has 0 radical (unpaired) electrons. The van der Waals surface area contributed by atoms with Crippen molar-refractivity contribution >= 4 is 10.0 Å². The van der Waals surface area contributed by atoms with E-state index in [0.29, 0.717) is 12.8 Å². The highest BCUT2D eigenvalue weighted by Crippen LogP contribution is 2.29. The fourth-order valence-electron chi connectivity index (χ4n) is 2.18. The summed E-state index contributed by atoms with van der Waals surface area (Å²) >= 11 is 0. The van der Waals surface area contributed by atoms with Crippen LogP contribution in [0.5, 0.6) is 0 Å². The van der Waals surface area contributed by atoms with Crippen molar-refractivity contribution in [2.75, 3.05) is 6.54 Å². The molecule has 0 heterocycles. The molecule has 0 aliphatic heterocycles. The van der Waals surface area contributed by atoms with Crippen molar-refractivity contribution in [3.8, 4) is 0 Å². The van der Waals surface area contributed by atoms with Crippen LogP contribution in [0.4, 0.5) is 4.39 Å². The second kappa shape index (κ2) is 4.95. The molecule has 1 aliphatic carbocycles. The maximum Gasteiger partial charge on any atom is 0.243 e. The van der Waals surface area contributed by atoms with Gasteiger partial charge in [0.25, 0.3) is 0 Å². The van der Waals surface area contributed by atoms with Gasteiger partial charge in [-0.3, -0.25) is 0 Å². The number of rotatable bonds is 4. The molecule has 18 heavy (non-hydrogen) atoms. The van der Waals surface area contributed by atoms with Gasteiger partial charge in [0.2, 0.25) is 10.0 Å². The first-order valence-corrected chi connectivity index (χ1v) is 7.38. The van der Waals surface area contributed by atoms with Gasteiger partial charge in [-0.15, -0.1) is 0 Å². The molecule has 4 nitrogen and oxygen atoms in total. The smallest absolute Gasteiger partial charge is 0.243 e. The van der Waals surface area contributed by atoms with Gasteiger partial charge < -0.3 is 5.11 Å². The highest BCUT2D eigenvalue weighted by Gasteiger charge is 2.32. The summed E-state index contributed by atoms with van der Waals surface area (Å²) in [6.45, 7) is -0.0658. The van der Waals surface area contributed by atoms with Crippen molar-refractivity contribution in [1.29, 1.82) is 0 Å². The lowest BCUT2D eigenvalue weighted by Gasteiger charge is -2.22. The fraction of sp³-hybridized carbons (Fsp3) is 0.500. The minimum atomic E-state index is -3.90. The number of sulfonamides is 1. The predicted molar refractivity (Wildman–Crippen MR) is 65.0 cm³/mol. The lowest BCUT2D eigenvalue weighted by Crippen LogP contribution is -2.40. The number of hydrogen-bond acceptors (Lipinski definition) is 3. The van der Waals surface area contributed by atoms with Crippen molar-refractivity contribution < 1.29 is 17.9 Å². The van der Waals surface area contributed by atoms with Crippen molar-refractivity contribution in [2.24, 2.45) is 0 Å². The Morgan fingerprint density at radius 3 is 2.50 bits per heavy atom. The third kappa shape index (κ3) is 2.88. The molecule has 100 valence electrons.